The number of carbonyl (C=O) groups is 2. The number of aryl methyl sites for hydroxylation is 2. The van der Waals surface area contributed by atoms with E-state index in [1.54, 1.807) is 18.2 Å². The molecule has 2 aliphatic rings. The minimum absolute atomic E-state index is 0.295. The van der Waals surface area contributed by atoms with Gasteiger partial charge >= 0.3 is 0 Å². The predicted octanol–water partition coefficient (Wildman–Crippen LogP) is 4.99. The van der Waals surface area contributed by atoms with Crippen molar-refractivity contribution in [2.24, 2.45) is 0 Å². The molecule has 0 bridgehead atoms. The number of hydrogen-bond donors (Lipinski definition) is 0. The summed E-state index contributed by atoms with van der Waals surface area (Å²) in [6, 6.07) is 10.6. The summed E-state index contributed by atoms with van der Waals surface area (Å²) in [6.07, 6.45) is 1.99. The van der Waals surface area contributed by atoms with Gasteiger partial charge in [-0.1, -0.05) is 35.3 Å². The van der Waals surface area contributed by atoms with E-state index in [-0.39, 0.29) is 11.8 Å². The number of rotatable bonds is 3. The zero-order chi connectivity index (χ0) is 20.0. The summed E-state index contributed by atoms with van der Waals surface area (Å²) in [6.45, 7) is 5.48. The van der Waals surface area contributed by atoms with Crippen LogP contribution in [-0.2, 0) is 9.59 Å². The summed E-state index contributed by atoms with van der Waals surface area (Å²) < 4.78 is 0. The molecule has 4 rings (SSSR count). The number of carbonyl (C=O) groups excluding carboxylic acids is 2. The lowest BCUT2D eigenvalue weighted by Gasteiger charge is -2.20. The second kappa shape index (κ2) is 7.26. The molecule has 2 heterocycles. The van der Waals surface area contributed by atoms with Gasteiger partial charge in [0, 0.05) is 23.7 Å². The normalized spacial score (nSPS) is 17.3. The van der Waals surface area contributed by atoms with E-state index in [1.165, 1.54) is 4.90 Å². The van der Waals surface area contributed by atoms with Gasteiger partial charge in [0.15, 0.2) is 0 Å². The van der Waals surface area contributed by atoms with Crippen LogP contribution in [0.15, 0.2) is 42.1 Å². The quantitative estimate of drug-likeness (QED) is 0.664. The summed E-state index contributed by atoms with van der Waals surface area (Å²) >= 11 is 12.5. The number of benzene rings is 2. The second-order valence-corrected chi connectivity index (χ2v) is 8.10. The first-order valence-corrected chi connectivity index (χ1v) is 10.0. The number of nitrogens with zero attached hydrogens (tertiary/aromatic N) is 2. The van der Waals surface area contributed by atoms with Gasteiger partial charge < -0.3 is 4.90 Å². The van der Waals surface area contributed by atoms with Gasteiger partial charge in [-0.25, -0.2) is 4.90 Å². The largest absolute Gasteiger partial charge is 0.366 e. The van der Waals surface area contributed by atoms with E-state index >= 15 is 0 Å². The zero-order valence-corrected chi connectivity index (χ0v) is 17.3. The SMILES string of the molecule is Cc1ccc(N2C(=O)C(c3ccc(Cl)cc3Cl)=C(N3CCCC3)C2=O)cc1C. The number of hydrogen-bond acceptors (Lipinski definition) is 3. The third kappa shape index (κ3) is 3.11. The van der Waals surface area contributed by atoms with E-state index in [2.05, 4.69) is 0 Å². The lowest BCUT2D eigenvalue weighted by molar-refractivity contribution is -0.120. The predicted molar refractivity (Wildman–Crippen MR) is 113 cm³/mol. The third-order valence-corrected chi connectivity index (χ3v) is 5.98. The van der Waals surface area contributed by atoms with Crippen molar-refractivity contribution >= 4 is 46.3 Å². The molecule has 0 aliphatic carbocycles. The second-order valence-electron chi connectivity index (χ2n) is 7.26. The van der Waals surface area contributed by atoms with Crippen LogP contribution >= 0.6 is 23.2 Å². The molecule has 0 radical (unpaired) electrons. The highest BCUT2D eigenvalue weighted by atomic mass is 35.5. The van der Waals surface area contributed by atoms with Crippen molar-refractivity contribution in [3.05, 3.63) is 68.8 Å². The van der Waals surface area contributed by atoms with Gasteiger partial charge in [0.1, 0.15) is 5.70 Å². The summed E-state index contributed by atoms with van der Waals surface area (Å²) in [5, 5.41) is 0.849. The Kier molecular flexibility index (Phi) is 4.94. The first kappa shape index (κ1) is 19.0. The highest BCUT2D eigenvalue weighted by Gasteiger charge is 2.43. The van der Waals surface area contributed by atoms with Gasteiger partial charge in [0.2, 0.25) is 0 Å². The Balaban J connectivity index is 1.87. The molecular formula is C22H20Cl2N2O2. The van der Waals surface area contributed by atoms with Crippen molar-refractivity contribution in [3.63, 3.8) is 0 Å². The molecule has 2 aliphatic heterocycles. The van der Waals surface area contributed by atoms with Crippen LogP contribution in [0.2, 0.25) is 10.0 Å². The number of halogens is 2. The molecular weight excluding hydrogens is 395 g/mol. The molecule has 0 unspecified atom stereocenters. The summed E-state index contributed by atoms with van der Waals surface area (Å²) in [7, 11) is 0. The first-order valence-electron chi connectivity index (χ1n) is 9.29. The zero-order valence-electron chi connectivity index (χ0n) is 15.8. The molecule has 2 amide bonds. The molecule has 0 atom stereocenters. The first-order chi connectivity index (χ1) is 13.4. The Morgan fingerprint density at radius 1 is 0.857 bits per heavy atom. The van der Waals surface area contributed by atoms with E-state index in [4.69, 9.17) is 23.2 Å². The van der Waals surface area contributed by atoms with Crippen molar-refractivity contribution in [1.82, 2.24) is 4.90 Å². The van der Waals surface area contributed by atoms with Crippen LogP contribution in [-0.4, -0.2) is 29.8 Å². The van der Waals surface area contributed by atoms with Crippen molar-refractivity contribution in [3.8, 4) is 0 Å². The molecule has 2 aromatic carbocycles. The van der Waals surface area contributed by atoms with Gasteiger partial charge in [-0.3, -0.25) is 9.59 Å². The number of anilines is 1. The highest BCUT2D eigenvalue weighted by molar-refractivity contribution is 6.47. The molecule has 1 saturated heterocycles. The summed E-state index contributed by atoms with van der Waals surface area (Å²) in [5.41, 5.74) is 4.04. The molecule has 0 aromatic heterocycles. The van der Waals surface area contributed by atoms with Gasteiger partial charge in [-0.15, -0.1) is 0 Å². The Morgan fingerprint density at radius 3 is 2.21 bits per heavy atom. The molecule has 2 aromatic rings. The molecule has 0 spiro atoms. The van der Waals surface area contributed by atoms with Crippen LogP contribution in [0.25, 0.3) is 5.57 Å². The fourth-order valence-corrected chi connectivity index (χ4v) is 4.29. The summed E-state index contributed by atoms with van der Waals surface area (Å²) in [5.74, 6) is -0.643. The maximum atomic E-state index is 13.4. The average Bonchev–Trinajstić information content (AvgIpc) is 3.24. The molecule has 0 N–H and O–H groups in total. The summed E-state index contributed by atoms with van der Waals surface area (Å²) in [4.78, 5) is 30.1. The number of amides is 2. The number of imide groups is 1. The lowest BCUT2D eigenvalue weighted by Crippen LogP contribution is -2.34. The fraction of sp³-hybridized carbons (Fsp3) is 0.273. The van der Waals surface area contributed by atoms with Gasteiger partial charge in [-0.05, 0) is 62.1 Å². The van der Waals surface area contributed by atoms with Crippen LogP contribution in [0.1, 0.15) is 29.5 Å². The van der Waals surface area contributed by atoms with E-state index in [9.17, 15) is 9.59 Å². The van der Waals surface area contributed by atoms with E-state index in [0.29, 0.717) is 32.6 Å². The van der Waals surface area contributed by atoms with Crippen molar-refractivity contribution in [2.45, 2.75) is 26.7 Å². The van der Waals surface area contributed by atoms with Crippen molar-refractivity contribution in [1.29, 1.82) is 0 Å². The molecule has 144 valence electrons. The fourth-order valence-electron chi connectivity index (χ4n) is 3.79. The van der Waals surface area contributed by atoms with Crippen LogP contribution in [0.5, 0.6) is 0 Å². The van der Waals surface area contributed by atoms with E-state index < -0.39 is 0 Å². The van der Waals surface area contributed by atoms with Crippen LogP contribution in [0.3, 0.4) is 0 Å². The number of likely N-dealkylation sites (tertiary alicyclic amines) is 1. The maximum Gasteiger partial charge on any atom is 0.282 e. The maximum absolute atomic E-state index is 13.4. The van der Waals surface area contributed by atoms with Crippen LogP contribution in [0.4, 0.5) is 5.69 Å². The average molecular weight is 415 g/mol. The highest BCUT2D eigenvalue weighted by Crippen LogP contribution is 2.39. The molecule has 0 saturated carbocycles. The lowest BCUT2D eigenvalue weighted by atomic mass is 10.0. The van der Waals surface area contributed by atoms with Crippen molar-refractivity contribution in [2.75, 3.05) is 18.0 Å². The van der Waals surface area contributed by atoms with Crippen LogP contribution < -0.4 is 4.90 Å². The Labute approximate surface area is 174 Å². The standard InChI is InChI=1S/C22H20Cl2N2O2/c1-13-5-7-16(11-14(13)2)26-21(27)19(17-8-6-15(23)12-18(17)24)20(22(26)28)25-9-3-4-10-25/h5-8,11-12H,3-4,9-10H2,1-2H3. The molecule has 28 heavy (non-hydrogen) atoms. The third-order valence-electron chi connectivity index (χ3n) is 5.43. The van der Waals surface area contributed by atoms with Gasteiger partial charge in [0.25, 0.3) is 11.8 Å². The molecule has 1 fully saturated rings. The minimum Gasteiger partial charge on any atom is -0.366 e. The topological polar surface area (TPSA) is 40.6 Å². The smallest absolute Gasteiger partial charge is 0.282 e. The van der Waals surface area contributed by atoms with Crippen molar-refractivity contribution < 1.29 is 9.59 Å². The molecule has 6 heteroatoms. The van der Waals surface area contributed by atoms with Crippen LogP contribution in [0, 0.1) is 13.8 Å². The minimum atomic E-state index is -0.348. The Hall–Kier alpha value is -2.30. The van der Waals surface area contributed by atoms with Gasteiger partial charge in [0.05, 0.1) is 16.3 Å². The Morgan fingerprint density at radius 2 is 1.57 bits per heavy atom. The van der Waals surface area contributed by atoms with E-state index in [1.807, 2.05) is 36.9 Å². The Bertz CT molecular complexity index is 1020. The van der Waals surface area contributed by atoms with E-state index in [0.717, 1.165) is 37.1 Å². The van der Waals surface area contributed by atoms with Gasteiger partial charge in [-0.2, -0.15) is 0 Å². The monoisotopic (exact) mass is 414 g/mol. The molecule has 4 nitrogen and oxygen atoms in total.